The van der Waals surface area contributed by atoms with Gasteiger partial charge in [-0.2, -0.15) is 0 Å². The first-order chi connectivity index (χ1) is 7.77. The maximum atomic E-state index is 10.3. The minimum atomic E-state index is -1.08. The predicted molar refractivity (Wildman–Crippen MR) is 63.1 cm³/mol. The van der Waals surface area contributed by atoms with E-state index < -0.39 is 5.97 Å². The molecule has 2 aromatic carbocycles. The Kier molecular flexibility index (Phi) is 2.88. The predicted octanol–water partition coefficient (Wildman–Crippen LogP) is 2.47. The lowest BCUT2D eigenvalue weighted by Crippen LogP contribution is -1.89. The normalized spacial score (nSPS) is 9.50. The zero-order chi connectivity index (χ0) is 11.4. The molecule has 0 saturated heterocycles. The van der Waals surface area contributed by atoms with E-state index >= 15 is 0 Å². The summed E-state index contributed by atoms with van der Waals surface area (Å²) in [6.07, 6.45) is 0.466. The Balaban J connectivity index is 2.39. The molecular formula is C14H10O2. The van der Waals surface area contributed by atoms with E-state index in [1.165, 1.54) is 0 Å². The first kappa shape index (κ1) is 10.3. The highest BCUT2D eigenvalue weighted by molar-refractivity contribution is 5.88. The first-order valence-corrected chi connectivity index (χ1v) is 4.96. The number of fused-ring (bicyclic) bond motifs is 1. The second-order valence-corrected chi connectivity index (χ2v) is 3.42. The van der Waals surface area contributed by atoms with Crippen LogP contribution in [0.4, 0.5) is 0 Å². The van der Waals surface area contributed by atoms with E-state index in [1.807, 2.05) is 42.5 Å². The number of carboxylic acid groups (broad SMARTS) is 1. The van der Waals surface area contributed by atoms with E-state index in [-0.39, 0.29) is 0 Å². The molecule has 0 saturated carbocycles. The minimum Gasteiger partial charge on any atom is -0.472 e. The van der Waals surface area contributed by atoms with Gasteiger partial charge in [-0.1, -0.05) is 48.4 Å². The third-order valence-corrected chi connectivity index (χ3v) is 2.35. The lowest BCUT2D eigenvalue weighted by Gasteiger charge is -2.02. The monoisotopic (exact) mass is 210 g/mol. The molecule has 0 radical (unpaired) electrons. The summed E-state index contributed by atoms with van der Waals surface area (Å²) in [5, 5.41) is 10.7. The quantitative estimate of drug-likeness (QED) is 0.734. The maximum Gasteiger partial charge on any atom is 0.381 e. The van der Waals surface area contributed by atoms with Gasteiger partial charge in [0.1, 0.15) is 0 Å². The molecule has 0 atom stereocenters. The molecule has 0 heterocycles. The second kappa shape index (κ2) is 4.50. The molecule has 2 aromatic rings. The molecule has 0 bridgehead atoms. The Bertz CT molecular complexity index is 583. The van der Waals surface area contributed by atoms with Crippen LogP contribution in [0.15, 0.2) is 42.5 Å². The average Bonchev–Trinajstić information content (AvgIpc) is 2.29. The standard InChI is InChI=1S/C14H10O2/c15-14(16)10-4-8-12-7-3-6-11-5-1-2-9-13(11)12/h1-3,5-7,9H,8H2,(H,15,16). The highest BCUT2D eigenvalue weighted by atomic mass is 16.4. The zero-order valence-corrected chi connectivity index (χ0v) is 8.60. The largest absolute Gasteiger partial charge is 0.472 e. The highest BCUT2D eigenvalue weighted by Gasteiger charge is 1.97. The molecule has 2 rings (SSSR count). The fraction of sp³-hybridized carbons (Fsp3) is 0.0714. The van der Waals surface area contributed by atoms with Crippen molar-refractivity contribution in [2.45, 2.75) is 6.42 Å². The number of rotatable bonds is 1. The molecule has 0 aliphatic carbocycles. The van der Waals surface area contributed by atoms with Crippen LogP contribution >= 0.6 is 0 Å². The number of carbonyl (C=O) groups is 1. The van der Waals surface area contributed by atoms with Gasteiger partial charge in [-0.25, -0.2) is 4.79 Å². The van der Waals surface area contributed by atoms with E-state index in [9.17, 15) is 4.79 Å². The number of hydrogen-bond donors (Lipinski definition) is 1. The summed E-state index contributed by atoms with van der Waals surface area (Å²) < 4.78 is 0. The molecular weight excluding hydrogens is 200 g/mol. The Labute approximate surface area is 93.5 Å². The summed E-state index contributed by atoms with van der Waals surface area (Å²) >= 11 is 0. The summed E-state index contributed by atoms with van der Waals surface area (Å²) in [6.45, 7) is 0. The van der Waals surface area contributed by atoms with E-state index in [2.05, 4.69) is 11.8 Å². The van der Waals surface area contributed by atoms with Crippen molar-refractivity contribution >= 4 is 16.7 Å². The van der Waals surface area contributed by atoms with Crippen LogP contribution < -0.4 is 0 Å². The van der Waals surface area contributed by atoms with Gasteiger partial charge in [0.25, 0.3) is 0 Å². The van der Waals surface area contributed by atoms with Gasteiger partial charge in [0.2, 0.25) is 0 Å². The molecule has 0 spiro atoms. The minimum absolute atomic E-state index is 0.466. The molecule has 0 aliphatic rings. The Morgan fingerprint density at radius 1 is 1.12 bits per heavy atom. The molecule has 16 heavy (non-hydrogen) atoms. The summed E-state index contributed by atoms with van der Waals surface area (Å²) in [5.41, 5.74) is 1.06. The van der Waals surface area contributed by atoms with Crippen molar-refractivity contribution in [2.75, 3.05) is 0 Å². The topological polar surface area (TPSA) is 37.3 Å². The second-order valence-electron chi connectivity index (χ2n) is 3.42. The molecule has 0 fully saturated rings. The molecule has 0 aromatic heterocycles. The lowest BCUT2D eigenvalue weighted by molar-refractivity contribution is -0.130. The third kappa shape index (κ3) is 2.21. The van der Waals surface area contributed by atoms with Crippen LogP contribution in [0.5, 0.6) is 0 Å². The Morgan fingerprint density at radius 2 is 1.88 bits per heavy atom. The fourth-order valence-electron chi connectivity index (χ4n) is 1.66. The van der Waals surface area contributed by atoms with Crippen LogP contribution in [-0.2, 0) is 11.2 Å². The Hall–Kier alpha value is -2.27. The highest BCUT2D eigenvalue weighted by Crippen LogP contribution is 2.18. The number of benzene rings is 2. The molecule has 2 nitrogen and oxygen atoms in total. The van der Waals surface area contributed by atoms with Crippen LogP contribution in [0, 0.1) is 11.8 Å². The van der Waals surface area contributed by atoms with Crippen molar-refractivity contribution in [2.24, 2.45) is 0 Å². The van der Waals surface area contributed by atoms with E-state index in [0.717, 1.165) is 16.3 Å². The number of hydrogen-bond acceptors (Lipinski definition) is 1. The zero-order valence-electron chi connectivity index (χ0n) is 8.60. The van der Waals surface area contributed by atoms with E-state index in [4.69, 9.17) is 5.11 Å². The molecule has 0 aliphatic heterocycles. The van der Waals surface area contributed by atoms with Crippen molar-refractivity contribution in [1.82, 2.24) is 0 Å². The van der Waals surface area contributed by atoms with Gasteiger partial charge < -0.3 is 5.11 Å². The van der Waals surface area contributed by atoms with Crippen molar-refractivity contribution in [3.05, 3.63) is 48.0 Å². The van der Waals surface area contributed by atoms with Gasteiger partial charge in [0.05, 0.1) is 0 Å². The van der Waals surface area contributed by atoms with Gasteiger partial charge in [0.15, 0.2) is 0 Å². The average molecular weight is 210 g/mol. The smallest absolute Gasteiger partial charge is 0.381 e. The van der Waals surface area contributed by atoms with Gasteiger partial charge >= 0.3 is 5.97 Å². The van der Waals surface area contributed by atoms with Crippen LogP contribution in [0.3, 0.4) is 0 Å². The van der Waals surface area contributed by atoms with Crippen LogP contribution in [0.2, 0.25) is 0 Å². The molecule has 78 valence electrons. The van der Waals surface area contributed by atoms with Gasteiger partial charge in [-0.15, -0.1) is 0 Å². The summed E-state index contributed by atoms with van der Waals surface area (Å²) in [5.74, 6) is 3.69. The first-order valence-electron chi connectivity index (χ1n) is 4.96. The molecule has 0 unspecified atom stereocenters. The van der Waals surface area contributed by atoms with Crippen LogP contribution in [-0.4, -0.2) is 11.1 Å². The molecule has 0 amide bonds. The van der Waals surface area contributed by atoms with Crippen molar-refractivity contribution in [3.63, 3.8) is 0 Å². The summed E-state index contributed by atoms with van der Waals surface area (Å²) in [6, 6.07) is 14.0. The third-order valence-electron chi connectivity index (χ3n) is 2.35. The van der Waals surface area contributed by atoms with Crippen molar-refractivity contribution < 1.29 is 9.90 Å². The van der Waals surface area contributed by atoms with E-state index in [0.29, 0.717) is 6.42 Å². The van der Waals surface area contributed by atoms with Crippen LogP contribution in [0.25, 0.3) is 10.8 Å². The van der Waals surface area contributed by atoms with Crippen molar-refractivity contribution in [3.8, 4) is 11.8 Å². The van der Waals surface area contributed by atoms with E-state index in [1.54, 1.807) is 0 Å². The number of carboxylic acids is 1. The Morgan fingerprint density at radius 3 is 2.69 bits per heavy atom. The fourth-order valence-corrected chi connectivity index (χ4v) is 1.66. The lowest BCUT2D eigenvalue weighted by atomic mass is 10.0. The van der Waals surface area contributed by atoms with Crippen molar-refractivity contribution in [1.29, 1.82) is 0 Å². The maximum absolute atomic E-state index is 10.3. The summed E-state index contributed by atoms with van der Waals surface area (Å²) in [4.78, 5) is 10.3. The molecule has 1 N–H and O–H groups in total. The van der Waals surface area contributed by atoms with Gasteiger partial charge in [-0.3, -0.25) is 0 Å². The van der Waals surface area contributed by atoms with Crippen LogP contribution in [0.1, 0.15) is 5.56 Å². The SMILES string of the molecule is O=C(O)C#CCc1cccc2ccccc12. The van der Waals surface area contributed by atoms with Gasteiger partial charge in [0, 0.05) is 12.3 Å². The van der Waals surface area contributed by atoms with Gasteiger partial charge in [-0.05, 0) is 16.3 Å². The molecule has 2 heteroatoms. The number of aliphatic carboxylic acids is 1. The summed E-state index contributed by atoms with van der Waals surface area (Å²) in [7, 11) is 0.